The molecule has 3 aliphatic heterocycles. The number of hydrogen-bond acceptors (Lipinski definition) is 4. The van der Waals surface area contributed by atoms with Crippen LogP contribution in [-0.4, -0.2) is 59.8 Å². The third-order valence-electron chi connectivity index (χ3n) is 6.75. The standard InChI is InChI=1S/C22H33N3O2/c1-17-6-8-18(9-7-17)24-14-11-22(27,12-15-24)16-25-13-10-19-20(25)4-2-3-5-21(26)23-19/h6-9,19-20,27H,2-5,10-16H2,1H3,(H,23,26)/t19-,20+/m0/s1. The second kappa shape index (κ2) is 7.80. The number of nitrogens with one attached hydrogen (secondary N) is 1. The summed E-state index contributed by atoms with van der Waals surface area (Å²) in [6.45, 7) is 5.64. The highest BCUT2D eigenvalue weighted by molar-refractivity contribution is 5.76. The van der Waals surface area contributed by atoms with E-state index in [1.54, 1.807) is 0 Å². The molecule has 0 spiro atoms. The van der Waals surface area contributed by atoms with Crippen molar-refractivity contribution in [2.45, 2.75) is 69.6 Å². The summed E-state index contributed by atoms with van der Waals surface area (Å²) < 4.78 is 0. The van der Waals surface area contributed by atoms with Gasteiger partial charge in [-0.05, 0) is 51.2 Å². The van der Waals surface area contributed by atoms with Crippen LogP contribution in [0.1, 0.15) is 50.5 Å². The number of hydrogen-bond donors (Lipinski definition) is 2. The lowest BCUT2D eigenvalue weighted by atomic mass is 9.89. The van der Waals surface area contributed by atoms with E-state index in [1.807, 2.05) is 0 Å². The van der Waals surface area contributed by atoms with E-state index in [0.29, 0.717) is 12.5 Å². The van der Waals surface area contributed by atoms with Gasteiger partial charge < -0.3 is 15.3 Å². The average Bonchev–Trinajstić information content (AvgIpc) is 2.98. The second-order valence-corrected chi connectivity index (χ2v) is 8.79. The van der Waals surface area contributed by atoms with Crippen molar-refractivity contribution in [3.05, 3.63) is 29.8 Å². The van der Waals surface area contributed by atoms with Crippen LogP contribution in [0.3, 0.4) is 0 Å². The average molecular weight is 372 g/mol. The molecule has 5 nitrogen and oxygen atoms in total. The van der Waals surface area contributed by atoms with Crippen molar-refractivity contribution in [1.82, 2.24) is 10.2 Å². The Morgan fingerprint density at radius 1 is 1.11 bits per heavy atom. The Balaban J connectivity index is 1.35. The molecule has 27 heavy (non-hydrogen) atoms. The van der Waals surface area contributed by atoms with E-state index < -0.39 is 5.60 Å². The number of rotatable bonds is 3. The highest BCUT2D eigenvalue weighted by Crippen LogP contribution is 2.31. The Morgan fingerprint density at radius 3 is 2.59 bits per heavy atom. The van der Waals surface area contributed by atoms with Crippen LogP contribution in [-0.2, 0) is 4.79 Å². The first-order valence-corrected chi connectivity index (χ1v) is 10.6. The maximum Gasteiger partial charge on any atom is 0.220 e. The van der Waals surface area contributed by atoms with Crippen molar-refractivity contribution in [2.24, 2.45) is 0 Å². The van der Waals surface area contributed by atoms with Crippen LogP contribution in [0.25, 0.3) is 0 Å². The third-order valence-corrected chi connectivity index (χ3v) is 6.75. The van der Waals surface area contributed by atoms with Crippen LogP contribution in [0.5, 0.6) is 0 Å². The molecule has 2 atom stereocenters. The monoisotopic (exact) mass is 371 g/mol. The first-order chi connectivity index (χ1) is 13.0. The molecule has 148 valence electrons. The number of β-amino-alcohol motifs (C(OH)–C–C–N with tert-alkyl or cyclic N) is 1. The summed E-state index contributed by atoms with van der Waals surface area (Å²) in [6.07, 6.45) is 6.53. The topological polar surface area (TPSA) is 55.8 Å². The largest absolute Gasteiger partial charge is 0.388 e. The molecule has 0 aliphatic carbocycles. The number of anilines is 1. The molecule has 3 aliphatic rings. The molecule has 0 radical (unpaired) electrons. The van der Waals surface area contributed by atoms with Crippen LogP contribution >= 0.6 is 0 Å². The molecule has 3 saturated heterocycles. The van der Waals surface area contributed by atoms with Crippen molar-refractivity contribution >= 4 is 11.6 Å². The van der Waals surface area contributed by atoms with Gasteiger partial charge in [0, 0.05) is 50.4 Å². The zero-order valence-corrected chi connectivity index (χ0v) is 16.5. The van der Waals surface area contributed by atoms with Gasteiger partial charge in [0.2, 0.25) is 5.91 Å². The lowest BCUT2D eigenvalue weighted by Crippen LogP contribution is -2.54. The molecule has 0 saturated carbocycles. The number of carbonyl (C=O) groups excluding carboxylic acids is 1. The predicted molar refractivity (Wildman–Crippen MR) is 108 cm³/mol. The highest BCUT2D eigenvalue weighted by atomic mass is 16.3. The van der Waals surface area contributed by atoms with Gasteiger partial charge in [0.1, 0.15) is 0 Å². The molecule has 2 N–H and O–H groups in total. The van der Waals surface area contributed by atoms with Gasteiger partial charge >= 0.3 is 0 Å². The lowest BCUT2D eigenvalue weighted by Gasteiger charge is -2.42. The van der Waals surface area contributed by atoms with E-state index in [-0.39, 0.29) is 11.9 Å². The summed E-state index contributed by atoms with van der Waals surface area (Å²) in [5.74, 6) is 0.205. The minimum Gasteiger partial charge on any atom is -0.388 e. The third kappa shape index (κ3) is 4.30. The first kappa shape index (κ1) is 18.8. The fourth-order valence-electron chi connectivity index (χ4n) is 5.06. The Labute approximate surface area is 162 Å². The maximum absolute atomic E-state index is 11.9. The van der Waals surface area contributed by atoms with Crippen molar-refractivity contribution in [2.75, 3.05) is 31.1 Å². The Hall–Kier alpha value is -1.59. The van der Waals surface area contributed by atoms with Crippen LogP contribution in [0.2, 0.25) is 0 Å². The van der Waals surface area contributed by atoms with Gasteiger partial charge in [0.15, 0.2) is 0 Å². The molecule has 4 rings (SSSR count). The minimum absolute atomic E-state index is 0.205. The normalized spacial score (nSPS) is 29.0. The summed E-state index contributed by atoms with van der Waals surface area (Å²) in [4.78, 5) is 16.8. The molecule has 1 aromatic rings. The molecule has 0 bridgehead atoms. The van der Waals surface area contributed by atoms with Gasteiger partial charge in [-0.25, -0.2) is 0 Å². The number of carbonyl (C=O) groups is 1. The lowest BCUT2D eigenvalue weighted by molar-refractivity contribution is -0.122. The van der Waals surface area contributed by atoms with E-state index in [9.17, 15) is 9.90 Å². The summed E-state index contributed by atoms with van der Waals surface area (Å²) in [6, 6.07) is 9.35. The first-order valence-electron chi connectivity index (χ1n) is 10.6. The fraction of sp³-hybridized carbons (Fsp3) is 0.682. The molecule has 3 fully saturated rings. The fourth-order valence-corrected chi connectivity index (χ4v) is 5.06. The molecule has 0 aromatic heterocycles. The summed E-state index contributed by atoms with van der Waals surface area (Å²) in [5, 5.41) is 14.5. The molecule has 1 aromatic carbocycles. The van der Waals surface area contributed by atoms with Crippen LogP contribution in [0.15, 0.2) is 24.3 Å². The second-order valence-electron chi connectivity index (χ2n) is 8.79. The SMILES string of the molecule is Cc1ccc(N2CCC(O)(CN3CC[C@@H]4NC(=O)CCCC[C@H]43)CC2)cc1. The maximum atomic E-state index is 11.9. The van der Waals surface area contributed by atoms with Crippen LogP contribution in [0, 0.1) is 6.92 Å². The number of benzene rings is 1. The number of amides is 1. The van der Waals surface area contributed by atoms with E-state index in [4.69, 9.17) is 0 Å². The quantitative estimate of drug-likeness (QED) is 0.857. The van der Waals surface area contributed by atoms with E-state index >= 15 is 0 Å². The van der Waals surface area contributed by atoms with Crippen LogP contribution in [0.4, 0.5) is 5.69 Å². The summed E-state index contributed by atoms with van der Waals surface area (Å²) >= 11 is 0. The van der Waals surface area contributed by atoms with Crippen molar-refractivity contribution in [3.8, 4) is 0 Å². The highest BCUT2D eigenvalue weighted by Gasteiger charge is 2.41. The molecule has 5 heteroatoms. The van der Waals surface area contributed by atoms with Crippen molar-refractivity contribution in [1.29, 1.82) is 0 Å². The van der Waals surface area contributed by atoms with E-state index in [0.717, 1.165) is 64.7 Å². The molecular formula is C22H33N3O2. The van der Waals surface area contributed by atoms with Crippen molar-refractivity contribution in [3.63, 3.8) is 0 Å². The molecular weight excluding hydrogens is 338 g/mol. The van der Waals surface area contributed by atoms with Gasteiger partial charge in [-0.15, -0.1) is 0 Å². The van der Waals surface area contributed by atoms with Gasteiger partial charge in [-0.3, -0.25) is 9.69 Å². The Bertz CT molecular complexity index is 652. The minimum atomic E-state index is -0.609. The number of aryl methyl sites for hydroxylation is 1. The van der Waals surface area contributed by atoms with Crippen LogP contribution < -0.4 is 10.2 Å². The Kier molecular flexibility index (Phi) is 5.42. The number of piperidine rings is 1. The van der Waals surface area contributed by atoms with Gasteiger partial charge in [-0.1, -0.05) is 24.1 Å². The zero-order chi connectivity index (χ0) is 18.9. The Morgan fingerprint density at radius 2 is 1.85 bits per heavy atom. The summed E-state index contributed by atoms with van der Waals surface area (Å²) in [7, 11) is 0. The number of likely N-dealkylation sites (tertiary alicyclic amines) is 1. The van der Waals surface area contributed by atoms with Gasteiger partial charge in [0.05, 0.1) is 5.60 Å². The van der Waals surface area contributed by atoms with Gasteiger partial charge in [-0.2, -0.15) is 0 Å². The molecule has 0 unspecified atom stereocenters. The molecule has 3 heterocycles. The number of fused-ring (bicyclic) bond motifs is 1. The van der Waals surface area contributed by atoms with E-state index in [1.165, 1.54) is 11.3 Å². The zero-order valence-electron chi connectivity index (χ0n) is 16.5. The van der Waals surface area contributed by atoms with Crippen molar-refractivity contribution < 1.29 is 9.90 Å². The predicted octanol–water partition coefficient (Wildman–Crippen LogP) is 2.46. The van der Waals surface area contributed by atoms with E-state index in [2.05, 4.69) is 46.3 Å². The van der Waals surface area contributed by atoms with Gasteiger partial charge in [0.25, 0.3) is 0 Å². The smallest absolute Gasteiger partial charge is 0.220 e. The summed E-state index contributed by atoms with van der Waals surface area (Å²) in [5.41, 5.74) is 1.93. The molecule has 1 amide bonds. The number of nitrogens with zero attached hydrogens (tertiary/aromatic N) is 2. The number of aliphatic hydroxyl groups is 1.